The number of carbonyl (C=O) groups excluding carboxylic acids is 1. The number of halogens is 1. The predicted octanol–water partition coefficient (Wildman–Crippen LogP) is 1.52. The Hall–Kier alpha value is -1.76. The lowest BCUT2D eigenvalue weighted by Gasteiger charge is -2.01. The van der Waals surface area contributed by atoms with Gasteiger partial charge in [0.05, 0.1) is 7.11 Å². The number of nitrogens with zero attached hydrogens (tertiary/aromatic N) is 4. The number of aryl methyl sites for hydroxylation is 1. The van der Waals surface area contributed by atoms with Gasteiger partial charge in [0, 0.05) is 10.7 Å². The summed E-state index contributed by atoms with van der Waals surface area (Å²) in [5.74, 6) is 0.0285. The molecule has 0 unspecified atom stereocenters. The Balaban J connectivity index is 2.37. The first kappa shape index (κ1) is 11.7. The van der Waals surface area contributed by atoms with E-state index in [1.807, 2.05) is 13.0 Å². The lowest BCUT2D eigenvalue weighted by Crippen LogP contribution is -2.05. The van der Waals surface area contributed by atoms with E-state index in [1.165, 1.54) is 18.1 Å². The Morgan fingerprint density at radius 1 is 1.47 bits per heavy atom. The van der Waals surface area contributed by atoms with Gasteiger partial charge in [0.25, 0.3) is 5.82 Å². The molecule has 7 heteroatoms. The zero-order valence-electron chi connectivity index (χ0n) is 9.22. The van der Waals surface area contributed by atoms with E-state index >= 15 is 0 Å². The van der Waals surface area contributed by atoms with E-state index in [2.05, 4.69) is 35.7 Å². The smallest absolute Gasteiger partial charge is 0.377 e. The number of carbonyl (C=O) groups is 1. The third kappa shape index (κ3) is 2.33. The summed E-state index contributed by atoms with van der Waals surface area (Å²) in [6, 6.07) is 1.83. The van der Waals surface area contributed by atoms with Crippen molar-refractivity contribution in [1.29, 1.82) is 0 Å². The second-order valence-corrected chi connectivity index (χ2v) is 4.15. The Morgan fingerprint density at radius 2 is 2.24 bits per heavy atom. The molecule has 0 fully saturated rings. The SMILES string of the molecule is COC(=O)c1ncn(-c2cc(C)c(Br)cn2)n1. The molecule has 2 rings (SSSR count). The van der Waals surface area contributed by atoms with E-state index in [-0.39, 0.29) is 5.82 Å². The van der Waals surface area contributed by atoms with Gasteiger partial charge in [-0.1, -0.05) is 0 Å². The van der Waals surface area contributed by atoms with Crippen LogP contribution in [-0.2, 0) is 4.74 Å². The molecule has 2 aromatic rings. The standard InChI is InChI=1S/C10H9BrN4O2/c1-6-3-8(12-4-7(6)11)15-5-13-9(14-15)10(16)17-2/h3-5H,1-2H3. The molecule has 0 aliphatic heterocycles. The highest BCUT2D eigenvalue weighted by Gasteiger charge is 2.12. The topological polar surface area (TPSA) is 69.9 Å². The fourth-order valence-electron chi connectivity index (χ4n) is 1.21. The van der Waals surface area contributed by atoms with Crippen LogP contribution in [0, 0.1) is 6.92 Å². The van der Waals surface area contributed by atoms with Crippen LogP contribution in [-0.4, -0.2) is 32.8 Å². The molecule has 0 radical (unpaired) electrons. The third-order valence-corrected chi connectivity index (χ3v) is 2.96. The molecule has 0 N–H and O–H groups in total. The molecule has 0 aliphatic carbocycles. The number of esters is 1. The van der Waals surface area contributed by atoms with Gasteiger partial charge in [-0.05, 0) is 34.5 Å². The first-order chi connectivity index (χ1) is 8.11. The third-order valence-electron chi connectivity index (χ3n) is 2.13. The molecule has 0 spiro atoms. The van der Waals surface area contributed by atoms with Crippen LogP contribution in [0.5, 0.6) is 0 Å². The molecule has 0 atom stereocenters. The van der Waals surface area contributed by atoms with Gasteiger partial charge in [-0.15, -0.1) is 5.10 Å². The Morgan fingerprint density at radius 3 is 2.88 bits per heavy atom. The van der Waals surface area contributed by atoms with Crippen molar-refractivity contribution < 1.29 is 9.53 Å². The Bertz CT molecular complexity index is 567. The molecule has 2 aromatic heterocycles. The zero-order valence-corrected chi connectivity index (χ0v) is 10.8. The molecule has 0 aromatic carbocycles. The van der Waals surface area contributed by atoms with Gasteiger partial charge >= 0.3 is 5.97 Å². The normalized spacial score (nSPS) is 10.3. The van der Waals surface area contributed by atoms with Crippen molar-refractivity contribution in [2.75, 3.05) is 7.11 Å². The van der Waals surface area contributed by atoms with Gasteiger partial charge < -0.3 is 4.74 Å². The first-order valence-electron chi connectivity index (χ1n) is 4.74. The second-order valence-electron chi connectivity index (χ2n) is 3.30. The van der Waals surface area contributed by atoms with Gasteiger partial charge in [-0.3, -0.25) is 0 Å². The largest absolute Gasteiger partial charge is 0.463 e. The van der Waals surface area contributed by atoms with Gasteiger partial charge in [0.2, 0.25) is 0 Å². The lowest BCUT2D eigenvalue weighted by molar-refractivity contribution is 0.0587. The fourth-order valence-corrected chi connectivity index (χ4v) is 1.42. The van der Waals surface area contributed by atoms with Crippen molar-refractivity contribution in [3.05, 3.63) is 34.5 Å². The number of aromatic nitrogens is 4. The molecule has 0 amide bonds. The lowest BCUT2D eigenvalue weighted by atomic mass is 10.3. The molecule has 2 heterocycles. The zero-order chi connectivity index (χ0) is 12.4. The van der Waals surface area contributed by atoms with E-state index in [1.54, 1.807) is 6.20 Å². The monoisotopic (exact) mass is 296 g/mol. The fraction of sp³-hybridized carbons (Fsp3) is 0.200. The summed E-state index contributed by atoms with van der Waals surface area (Å²) >= 11 is 3.36. The van der Waals surface area contributed by atoms with Crippen LogP contribution in [0.2, 0.25) is 0 Å². The van der Waals surface area contributed by atoms with Crippen molar-refractivity contribution in [3.63, 3.8) is 0 Å². The summed E-state index contributed by atoms with van der Waals surface area (Å²) in [5.41, 5.74) is 1.02. The van der Waals surface area contributed by atoms with Crippen LogP contribution in [0.25, 0.3) is 5.82 Å². The van der Waals surface area contributed by atoms with Crippen LogP contribution in [0.1, 0.15) is 16.2 Å². The highest BCUT2D eigenvalue weighted by Crippen LogP contribution is 2.16. The quantitative estimate of drug-likeness (QED) is 0.786. The molecule has 88 valence electrons. The maximum Gasteiger partial charge on any atom is 0.377 e. The second kappa shape index (κ2) is 4.62. The summed E-state index contributed by atoms with van der Waals surface area (Å²) in [4.78, 5) is 19.2. The van der Waals surface area contributed by atoms with Crippen molar-refractivity contribution in [2.24, 2.45) is 0 Å². The van der Waals surface area contributed by atoms with Crippen LogP contribution in [0.4, 0.5) is 0 Å². The molecule has 0 bridgehead atoms. The molecular formula is C10H9BrN4O2. The number of ether oxygens (including phenoxy) is 1. The minimum absolute atomic E-state index is 0.00914. The number of pyridine rings is 1. The van der Waals surface area contributed by atoms with E-state index in [9.17, 15) is 4.79 Å². The number of hydrogen-bond acceptors (Lipinski definition) is 5. The van der Waals surface area contributed by atoms with Crippen molar-refractivity contribution in [1.82, 2.24) is 19.7 Å². The maximum atomic E-state index is 11.2. The molecule has 0 saturated carbocycles. The van der Waals surface area contributed by atoms with Gasteiger partial charge in [-0.25, -0.2) is 19.4 Å². The number of rotatable bonds is 2. The summed E-state index contributed by atoms with van der Waals surface area (Å²) in [7, 11) is 1.28. The van der Waals surface area contributed by atoms with Crippen molar-refractivity contribution in [3.8, 4) is 5.82 Å². The summed E-state index contributed by atoms with van der Waals surface area (Å²) < 4.78 is 6.86. The van der Waals surface area contributed by atoms with Gasteiger partial charge in [0.1, 0.15) is 6.33 Å². The molecule has 0 saturated heterocycles. The highest BCUT2D eigenvalue weighted by atomic mass is 79.9. The number of hydrogen-bond donors (Lipinski definition) is 0. The summed E-state index contributed by atoms with van der Waals surface area (Å²) in [5, 5.41) is 3.98. The van der Waals surface area contributed by atoms with Crippen LogP contribution < -0.4 is 0 Å². The average molecular weight is 297 g/mol. The van der Waals surface area contributed by atoms with E-state index in [0.717, 1.165) is 10.0 Å². The van der Waals surface area contributed by atoms with Gasteiger partial charge in [-0.2, -0.15) is 0 Å². The molecular weight excluding hydrogens is 288 g/mol. The van der Waals surface area contributed by atoms with Crippen LogP contribution >= 0.6 is 15.9 Å². The van der Waals surface area contributed by atoms with E-state index in [4.69, 9.17) is 0 Å². The number of methoxy groups -OCH3 is 1. The molecule has 0 aliphatic rings. The van der Waals surface area contributed by atoms with E-state index < -0.39 is 5.97 Å². The predicted molar refractivity (Wildman–Crippen MR) is 62.9 cm³/mol. The van der Waals surface area contributed by atoms with Crippen LogP contribution in [0.15, 0.2) is 23.1 Å². The molecule has 6 nitrogen and oxygen atoms in total. The maximum absolute atomic E-state index is 11.2. The summed E-state index contributed by atoms with van der Waals surface area (Å²) in [6.45, 7) is 1.94. The average Bonchev–Trinajstić information content (AvgIpc) is 2.81. The minimum Gasteiger partial charge on any atom is -0.463 e. The Labute approximate surface area is 106 Å². The van der Waals surface area contributed by atoms with Crippen LogP contribution in [0.3, 0.4) is 0 Å². The minimum atomic E-state index is -0.572. The Kier molecular flexibility index (Phi) is 3.19. The van der Waals surface area contributed by atoms with Crippen molar-refractivity contribution in [2.45, 2.75) is 6.92 Å². The summed E-state index contributed by atoms with van der Waals surface area (Å²) in [6.07, 6.45) is 3.09. The van der Waals surface area contributed by atoms with Crippen molar-refractivity contribution >= 4 is 21.9 Å². The molecule has 17 heavy (non-hydrogen) atoms. The van der Waals surface area contributed by atoms with Gasteiger partial charge in [0.15, 0.2) is 5.82 Å². The van der Waals surface area contributed by atoms with E-state index in [0.29, 0.717) is 5.82 Å². The first-order valence-corrected chi connectivity index (χ1v) is 5.53. The highest BCUT2D eigenvalue weighted by molar-refractivity contribution is 9.10.